The molecular formula is C7H8N2O3S. The van der Waals surface area contributed by atoms with Gasteiger partial charge in [0.05, 0.1) is 0 Å². The molecule has 2 heterocycles. The monoisotopic (exact) mass is 200 g/mol. The molecule has 0 spiro atoms. The average molecular weight is 200 g/mol. The molecule has 2 aliphatic heterocycles. The number of hydrogen-bond donors (Lipinski definition) is 2. The lowest BCUT2D eigenvalue weighted by Crippen LogP contribution is -2.57. The largest absolute Gasteiger partial charge is 0.481 e. The summed E-state index contributed by atoms with van der Waals surface area (Å²) in [5.41, 5.74) is 5.38. The number of fused-ring (bicyclic) bond motifs is 1. The van der Waals surface area contributed by atoms with E-state index in [2.05, 4.69) is 0 Å². The van der Waals surface area contributed by atoms with E-state index in [4.69, 9.17) is 10.8 Å². The van der Waals surface area contributed by atoms with Gasteiger partial charge in [0, 0.05) is 17.6 Å². The second-order valence-corrected chi connectivity index (χ2v) is 4.11. The highest BCUT2D eigenvalue weighted by Crippen LogP contribution is 2.44. The molecule has 2 rings (SSSR count). The Kier molecular flexibility index (Phi) is 1.81. The molecule has 2 atom stereocenters. The minimum atomic E-state index is -1.05. The fraction of sp³-hybridized carbons (Fsp3) is 0.429. The van der Waals surface area contributed by atoms with E-state index >= 15 is 0 Å². The second-order valence-electron chi connectivity index (χ2n) is 2.87. The Morgan fingerprint density at radius 1 is 1.77 bits per heavy atom. The summed E-state index contributed by atoms with van der Waals surface area (Å²) in [6.07, 6.45) is 1.64. The number of rotatable bonds is 2. The normalized spacial score (nSPS) is 31.0. The number of carbonyl (C=O) groups excluding carboxylic acids is 1. The molecule has 0 aromatic heterocycles. The van der Waals surface area contributed by atoms with Crippen LogP contribution < -0.4 is 5.73 Å². The Balaban J connectivity index is 2.14. The summed E-state index contributed by atoms with van der Waals surface area (Å²) < 4.78 is 0. The highest BCUT2D eigenvalue weighted by atomic mass is 32.2. The lowest BCUT2D eigenvalue weighted by atomic mass is 9.99. The molecule has 6 heteroatoms. The van der Waals surface area contributed by atoms with Crippen LogP contribution in [0, 0.1) is 5.92 Å². The van der Waals surface area contributed by atoms with Crippen molar-refractivity contribution in [1.82, 2.24) is 4.90 Å². The van der Waals surface area contributed by atoms with Crippen molar-refractivity contribution in [1.29, 1.82) is 0 Å². The first-order valence-electron chi connectivity index (χ1n) is 3.77. The van der Waals surface area contributed by atoms with Gasteiger partial charge in [-0.25, -0.2) is 0 Å². The number of nitrogens with two attached hydrogens (primary N) is 1. The standard InChI is InChI=1S/C7H8N2O3S/c8-1-3-2-9-5(10)4(7(11)12)6(9)13-3/h2,4,6H,1,8H2,(H,11,12)/t4-,6-/m1/s1. The topological polar surface area (TPSA) is 83.6 Å². The summed E-state index contributed by atoms with van der Waals surface area (Å²) in [5, 5.41) is 8.43. The number of nitrogens with zero attached hydrogens (tertiary/aromatic N) is 1. The van der Waals surface area contributed by atoms with Crippen LogP contribution in [0.4, 0.5) is 0 Å². The zero-order valence-electron chi connectivity index (χ0n) is 6.64. The van der Waals surface area contributed by atoms with Gasteiger partial charge < -0.3 is 15.7 Å². The number of carboxylic acid groups (broad SMARTS) is 1. The van der Waals surface area contributed by atoms with Crippen LogP contribution in [0.5, 0.6) is 0 Å². The molecule has 0 unspecified atom stereocenters. The average Bonchev–Trinajstić information content (AvgIpc) is 2.43. The zero-order valence-corrected chi connectivity index (χ0v) is 7.45. The Bertz CT molecular complexity index is 315. The molecule has 0 radical (unpaired) electrons. The number of aliphatic carboxylic acids is 1. The van der Waals surface area contributed by atoms with E-state index in [1.807, 2.05) is 0 Å². The summed E-state index contributed by atoms with van der Waals surface area (Å²) in [5.74, 6) is -2.27. The van der Waals surface area contributed by atoms with Crippen molar-refractivity contribution in [2.24, 2.45) is 11.7 Å². The second kappa shape index (κ2) is 2.74. The molecule has 1 amide bonds. The number of carboxylic acids is 1. The molecule has 13 heavy (non-hydrogen) atoms. The van der Waals surface area contributed by atoms with E-state index in [9.17, 15) is 9.59 Å². The third-order valence-corrected chi connectivity index (χ3v) is 3.42. The molecule has 5 nitrogen and oxygen atoms in total. The van der Waals surface area contributed by atoms with Crippen molar-refractivity contribution in [2.75, 3.05) is 6.54 Å². The van der Waals surface area contributed by atoms with Gasteiger partial charge in [0.1, 0.15) is 5.37 Å². The zero-order chi connectivity index (χ0) is 9.59. The summed E-state index contributed by atoms with van der Waals surface area (Å²) in [6.45, 7) is 0.358. The van der Waals surface area contributed by atoms with Crippen molar-refractivity contribution >= 4 is 23.6 Å². The molecular weight excluding hydrogens is 192 g/mol. The Morgan fingerprint density at radius 3 is 3.00 bits per heavy atom. The van der Waals surface area contributed by atoms with Gasteiger partial charge in [0.25, 0.3) is 0 Å². The Labute approximate surface area is 78.6 Å². The summed E-state index contributed by atoms with van der Waals surface area (Å²) >= 11 is 1.36. The number of carbonyl (C=O) groups is 2. The van der Waals surface area contributed by atoms with E-state index in [0.717, 1.165) is 4.91 Å². The molecule has 2 aliphatic rings. The van der Waals surface area contributed by atoms with Crippen molar-refractivity contribution in [2.45, 2.75) is 5.37 Å². The molecule has 0 bridgehead atoms. The van der Waals surface area contributed by atoms with Crippen LogP contribution in [0.15, 0.2) is 11.1 Å². The van der Waals surface area contributed by atoms with Gasteiger partial charge in [0.2, 0.25) is 5.91 Å². The van der Waals surface area contributed by atoms with Gasteiger partial charge in [-0.05, 0) is 0 Å². The summed E-state index contributed by atoms with van der Waals surface area (Å²) in [7, 11) is 0. The third-order valence-electron chi connectivity index (χ3n) is 2.10. The first-order chi connectivity index (χ1) is 6.15. The molecule has 1 fully saturated rings. The smallest absolute Gasteiger partial charge is 0.319 e. The molecule has 0 aromatic carbocycles. The van der Waals surface area contributed by atoms with Crippen LogP contribution in [0.2, 0.25) is 0 Å². The quantitative estimate of drug-likeness (QED) is 0.459. The lowest BCUT2D eigenvalue weighted by molar-refractivity contribution is -0.160. The first-order valence-corrected chi connectivity index (χ1v) is 4.65. The van der Waals surface area contributed by atoms with Crippen molar-refractivity contribution in [3.63, 3.8) is 0 Å². The van der Waals surface area contributed by atoms with E-state index in [0.29, 0.717) is 6.54 Å². The van der Waals surface area contributed by atoms with Crippen LogP contribution in [-0.4, -0.2) is 33.8 Å². The molecule has 1 saturated heterocycles. The van der Waals surface area contributed by atoms with Crippen molar-refractivity contribution in [3.05, 3.63) is 11.1 Å². The maximum atomic E-state index is 11.2. The van der Waals surface area contributed by atoms with Crippen LogP contribution in [0.25, 0.3) is 0 Å². The number of amides is 1. The van der Waals surface area contributed by atoms with Crippen LogP contribution in [0.1, 0.15) is 0 Å². The van der Waals surface area contributed by atoms with E-state index in [1.165, 1.54) is 16.7 Å². The highest BCUT2D eigenvalue weighted by Gasteiger charge is 2.54. The van der Waals surface area contributed by atoms with Crippen LogP contribution in [-0.2, 0) is 9.59 Å². The lowest BCUT2D eigenvalue weighted by Gasteiger charge is -2.37. The summed E-state index contributed by atoms with van der Waals surface area (Å²) in [6, 6.07) is 0. The number of thioether (sulfide) groups is 1. The Hall–Kier alpha value is -1.01. The predicted octanol–water partition coefficient (Wildman–Crippen LogP) is -0.598. The Morgan fingerprint density at radius 2 is 2.46 bits per heavy atom. The maximum absolute atomic E-state index is 11.2. The van der Waals surface area contributed by atoms with Crippen molar-refractivity contribution in [3.8, 4) is 0 Å². The van der Waals surface area contributed by atoms with Gasteiger partial charge in [0.15, 0.2) is 5.92 Å². The fourth-order valence-electron chi connectivity index (χ4n) is 1.42. The number of hydrogen-bond acceptors (Lipinski definition) is 4. The molecule has 70 valence electrons. The summed E-state index contributed by atoms with van der Waals surface area (Å²) in [4.78, 5) is 24.1. The van der Waals surface area contributed by atoms with Crippen LogP contribution in [0.3, 0.4) is 0 Å². The predicted molar refractivity (Wildman–Crippen MR) is 46.5 cm³/mol. The van der Waals surface area contributed by atoms with Gasteiger partial charge in [-0.1, -0.05) is 0 Å². The minimum Gasteiger partial charge on any atom is -0.481 e. The van der Waals surface area contributed by atoms with Gasteiger partial charge in [-0.2, -0.15) is 0 Å². The SMILES string of the molecule is NCC1=CN2C(=O)[C@@H](C(=O)O)[C@H]2S1. The van der Waals surface area contributed by atoms with Crippen LogP contribution >= 0.6 is 11.8 Å². The van der Waals surface area contributed by atoms with E-state index < -0.39 is 11.9 Å². The van der Waals surface area contributed by atoms with Gasteiger partial charge >= 0.3 is 5.97 Å². The van der Waals surface area contributed by atoms with Crippen molar-refractivity contribution < 1.29 is 14.7 Å². The van der Waals surface area contributed by atoms with Gasteiger partial charge in [-0.3, -0.25) is 9.59 Å². The minimum absolute atomic E-state index is 0.261. The fourth-order valence-corrected chi connectivity index (χ4v) is 2.65. The van der Waals surface area contributed by atoms with E-state index in [-0.39, 0.29) is 11.3 Å². The highest BCUT2D eigenvalue weighted by molar-refractivity contribution is 8.04. The molecule has 3 N–H and O–H groups in total. The molecule has 0 aromatic rings. The third kappa shape index (κ3) is 1.06. The molecule has 0 saturated carbocycles. The number of β-lactam (4-membered cyclic amide) rings is 1. The van der Waals surface area contributed by atoms with E-state index in [1.54, 1.807) is 6.20 Å². The first kappa shape index (κ1) is 8.58. The molecule has 0 aliphatic carbocycles. The maximum Gasteiger partial charge on any atom is 0.319 e. The van der Waals surface area contributed by atoms with Gasteiger partial charge in [-0.15, -0.1) is 11.8 Å².